The van der Waals surface area contributed by atoms with E-state index in [1.54, 1.807) is 13.2 Å². The van der Waals surface area contributed by atoms with Gasteiger partial charge in [0.15, 0.2) is 11.5 Å². The Balaban J connectivity index is 0.00000210. The molecule has 2 heterocycles. The van der Waals surface area contributed by atoms with Crippen molar-refractivity contribution < 1.29 is 14.3 Å². The number of benzene rings is 1. The predicted octanol–water partition coefficient (Wildman–Crippen LogP) is 2.49. The molecule has 2 aromatic rings. The van der Waals surface area contributed by atoms with E-state index in [4.69, 9.17) is 21.1 Å². The van der Waals surface area contributed by atoms with Crippen molar-refractivity contribution in [1.29, 1.82) is 0 Å². The fraction of sp³-hybridized carbons (Fsp3) is 0.500. The SMILES string of the molecule is COc1cc2ncnc(Cl)c2cc1OC1CCC2(CC1)NCCNC2=O.Cl. The van der Waals surface area contributed by atoms with Gasteiger partial charge in [-0.1, -0.05) is 11.6 Å². The predicted molar refractivity (Wildman–Crippen MR) is 105 cm³/mol. The maximum atomic E-state index is 12.3. The van der Waals surface area contributed by atoms with Gasteiger partial charge < -0.3 is 20.1 Å². The van der Waals surface area contributed by atoms with Crippen molar-refractivity contribution in [2.24, 2.45) is 0 Å². The summed E-state index contributed by atoms with van der Waals surface area (Å²) in [6.45, 7) is 1.51. The summed E-state index contributed by atoms with van der Waals surface area (Å²) >= 11 is 6.18. The lowest BCUT2D eigenvalue weighted by molar-refractivity contribution is -0.131. The van der Waals surface area contributed by atoms with Crippen molar-refractivity contribution in [3.8, 4) is 11.5 Å². The minimum absolute atomic E-state index is 0. The first-order valence-corrected chi connectivity index (χ1v) is 9.17. The molecule has 2 aliphatic rings. The van der Waals surface area contributed by atoms with Crippen LogP contribution >= 0.6 is 24.0 Å². The molecule has 1 aromatic carbocycles. The van der Waals surface area contributed by atoms with E-state index in [2.05, 4.69) is 20.6 Å². The third-order valence-electron chi connectivity index (χ3n) is 5.26. The van der Waals surface area contributed by atoms with Gasteiger partial charge in [0.05, 0.1) is 24.3 Å². The number of carbonyl (C=O) groups excluding carboxylic acids is 1. The Morgan fingerprint density at radius 2 is 1.96 bits per heavy atom. The number of halogens is 2. The molecule has 7 nitrogen and oxygen atoms in total. The lowest BCUT2D eigenvalue weighted by Gasteiger charge is -2.42. The molecule has 1 aliphatic heterocycles. The molecule has 146 valence electrons. The first-order chi connectivity index (χ1) is 12.6. The molecule has 1 saturated heterocycles. The van der Waals surface area contributed by atoms with Crippen LogP contribution in [-0.4, -0.2) is 47.7 Å². The average molecular weight is 413 g/mol. The first kappa shape index (κ1) is 19.9. The Bertz CT molecular complexity index is 841. The van der Waals surface area contributed by atoms with Crippen LogP contribution in [0.3, 0.4) is 0 Å². The van der Waals surface area contributed by atoms with E-state index in [0.717, 1.165) is 37.6 Å². The van der Waals surface area contributed by atoms with E-state index in [-0.39, 0.29) is 24.4 Å². The molecule has 1 amide bonds. The fourth-order valence-corrected chi connectivity index (χ4v) is 3.99. The topological polar surface area (TPSA) is 85.4 Å². The van der Waals surface area contributed by atoms with E-state index in [1.807, 2.05) is 6.07 Å². The van der Waals surface area contributed by atoms with Gasteiger partial charge in [-0.2, -0.15) is 0 Å². The van der Waals surface area contributed by atoms with Gasteiger partial charge in [-0.05, 0) is 31.7 Å². The molecule has 1 aromatic heterocycles. The molecular weight excluding hydrogens is 391 g/mol. The summed E-state index contributed by atoms with van der Waals surface area (Å²) in [4.78, 5) is 20.5. The third-order valence-corrected chi connectivity index (χ3v) is 5.56. The van der Waals surface area contributed by atoms with Gasteiger partial charge in [0.2, 0.25) is 5.91 Å². The number of nitrogens with one attached hydrogen (secondary N) is 2. The summed E-state index contributed by atoms with van der Waals surface area (Å²) in [5, 5.41) is 7.47. The summed E-state index contributed by atoms with van der Waals surface area (Å²) in [5.41, 5.74) is 0.266. The number of hydrogen-bond donors (Lipinski definition) is 2. The van der Waals surface area contributed by atoms with Crippen molar-refractivity contribution in [1.82, 2.24) is 20.6 Å². The fourth-order valence-electron chi connectivity index (χ4n) is 3.80. The summed E-state index contributed by atoms with van der Waals surface area (Å²) in [5.74, 6) is 1.34. The largest absolute Gasteiger partial charge is 0.493 e. The van der Waals surface area contributed by atoms with Crippen molar-refractivity contribution >= 4 is 40.8 Å². The maximum absolute atomic E-state index is 12.3. The van der Waals surface area contributed by atoms with E-state index in [0.29, 0.717) is 28.7 Å². The number of hydrogen-bond acceptors (Lipinski definition) is 6. The molecule has 2 N–H and O–H groups in total. The van der Waals surface area contributed by atoms with Crippen molar-refractivity contribution in [2.45, 2.75) is 37.3 Å². The van der Waals surface area contributed by atoms with Crippen LogP contribution in [0.2, 0.25) is 5.15 Å². The Labute approximate surface area is 168 Å². The Morgan fingerprint density at radius 3 is 2.67 bits per heavy atom. The molecule has 0 radical (unpaired) electrons. The molecule has 4 rings (SSSR count). The molecule has 2 fully saturated rings. The normalized spacial score (nSPS) is 25.0. The molecule has 0 unspecified atom stereocenters. The summed E-state index contributed by atoms with van der Waals surface area (Å²) in [6.07, 6.45) is 4.54. The number of carbonyl (C=O) groups is 1. The second-order valence-corrected chi connectivity index (χ2v) is 7.12. The molecule has 1 aliphatic carbocycles. The Morgan fingerprint density at radius 1 is 1.19 bits per heavy atom. The van der Waals surface area contributed by atoms with Gasteiger partial charge in [-0.15, -0.1) is 12.4 Å². The number of aromatic nitrogens is 2. The van der Waals surface area contributed by atoms with Crippen molar-refractivity contribution in [3.63, 3.8) is 0 Å². The summed E-state index contributed by atoms with van der Waals surface area (Å²) < 4.78 is 11.7. The number of rotatable bonds is 3. The van der Waals surface area contributed by atoms with Crippen LogP contribution in [0.4, 0.5) is 0 Å². The summed E-state index contributed by atoms with van der Waals surface area (Å²) in [7, 11) is 1.60. The summed E-state index contributed by atoms with van der Waals surface area (Å²) in [6, 6.07) is 3.63. The molecule has 9 heteroatoms. The van der Waals surface area contributed by atoms with Crippen LogP contribution in [0.1, 0.15) is 25.7 Å². The van der Waals surface area contributed by atoms with Gasteiger partial charge in [0.1, 0.15) is 11.5 Å². The van der Waals surface area contributed by atoms with E-state index < -0.39 is 5.54 Å². The zero-order chi connectivity index (χ0) is 18.1. The monoisotopic (exact) mass is 412 g/mol. The lowest BCUT2D eigenvalue weighted by Crippen LogP contribution is -2.64. The standard InChI is InChI=1S/C18H21ClN4O3.ClH/c1-25-14-9-13-12(16(19)22-10-21-13)8-15(14)26-11-2-4-18(5-3-11)17(24)20-6-7-23-18;/h8-11,23H,2-7H2,1H3,(H,20,24);1H. The van der Waals surface area contributed by atoms with Gasteiger partial charge >= 0.3 is 0 Å². The number of nitrogens with zero attached hydrogens (tertiary/aromatic N) is 2. The average Bonchev–Trinajstić information content (AvgIpc) is 2.66. The zero-order valence-corrected chi connectivity index (χ0v) is 16.5. The van der Waals surface area contributed by atoms with Gasteiger partial charge in [-0.25, -0.2) is 9.97 Å². The molecule has 0 bridgehead atoms. The molecular formula is C18H22Cl2N4O3. The molecule has 1 spiro atoms. The molecule has 0 atom stereocenters. The minimum Gasteiger partial charge on any atom is -0.493 e. The number of fused-ring (bicyclic) bond motifs is 1. The van der Waals surface area contributed by atoms with E-state index in [9.17, 15) is 4.79 Å². The van der Waals surface area contributed by atoms with Crippen LogP contribution in [-0.2, 0) is 4.79 Å². The number of ether oxygens (including phenoxy) is 2. The van der Waals surface area contributed by atoms with E-state index >= 15 is 0 Å². The highest BCUT2D eigenvalue weighted by molar-refractivity contribution is 6.34. The van der Waals surface area contributed by atoms with Gasteiger partial charge in [-0.3, -0.25) is 4.79 Å². The maximum Gasteiger partial charge on any atom is 0.240 e. The minimum atomic E-state index is -0.442. The zero-order valence-electron chi connectivity index (χ0n) is 15.0. The molecule has 1 saturated carbocycles. The van der Waals surface area contributed by atoms with E-state index in [1.165, 1.54) is 6.33 Å². The highest BCUT2D eigenvalue weighted by Gasteiger charge is 2.43. The number of methoxy groups -OCH3 is 1. The smallest absolute Gasteiger partial charge is 0.240 e. The van der Waals surface area contributed by atoms with Crippen LogP contribution in [0, 0.1) is 0 Å². The second kappa shape index (κ2) is 8.04. The number of piperazine rings is 1. The van der Waals surface area contributed by atoms with Crippen LogP contribution in [0.5, 0.6) is 11.5 Å². The third kappa shape index (κ3) is 3.77. The lowest BCUT2D eigenvalue weighted by atomic mass is 9.78. The highest BCUT2D eigenvalue weighted by Crippen LogP contribution is 2.37. The van der Waals surface area contributed by atoms with Gasteiger partial charge in [0.25, 0.3) is 0 Å². The highest BCUT2D eigenvalue weighted by atomic mass is 35.5. The van der Waals surface area contributed by atoms with Gasteiger partial charge in [0, 0.05) is 24.5 Å². The first-order valence-electron chi connectivity index (χ1n) is 8.79. The van der Waals surface area contributed by atoms with Crippen LogP contribution < -0.4 is 20.1 Å². The Kier molecular flexibility index (Phi) is 5.93. The quantitative estimate of drug-likeness (QED) is 0.753. The van der Waals surface area contributed by atoms with Crippen LogP contribution in [0.15, 0.2) is 18.5 Å². The Hall–Kier alpha value is -1.83. The van der Waals surface area contributed by atoms with Crippen LogP contribution in [0.25, 0.3) is 10.9 Å². The van der Waals surface area contributed by atoms with Crippen molar-refractivity contribution in [2.75, 3.05) is 20.2 Å². The second-order valence-electron chi connectivity index (χ2n) is 6.77. The molecule has 27 heavy (non-hydrogen) atoms. The number of amides is 1. The van der Waals surface area contributed by atoms with Crippen molar-refractivity contribution in [3.05, 3.63) is 23.6 Å².